The summed E-state index contributed by atoms with van der Waals surface area (Å²) in [7, 11) is -3.72. The third kappa shape index (κ3) is 5.97. The molecular formula is C20H26F3N3O4S. The number of nitrogens with zero attached hydrogens (tertiary/aromatic N) is 2. The summed E-state index contributed by atoms with van der Waals surface area (Å²) in [6.07, 6.45) is 1.92. The van der Waals surface area contributed by atoms with Gasteiger partial charge in [0.05, 0.1) is 4.90 Å². The lowest BCUT2D eigenvalue weighted by Crippen LogP contribution is -2.55. The Kier molecular flexibility index (Phi) is 7.25. The summed E-state index contributed by atoms with van der Waals surface area (Å²) in [5, 5.41) is 0. The van der Waals surface area contributed by atoms with Crippen LogP contribution in [0.2, 0.25) is 0 Å². The van der Waals surface area contributed by atoms with Gasteiger partial charge in [-0.15, -0.1) is 0 Å². The van der Waals surface area contributed by atoms with E-state index in [-0.39, 0.29) is 24.0 Å². The molecule has 3 rings (SSSR count). The van der Waals surface area contributed by atoms with Gasteiger partial charge in [-0.1, -0.05) is 32.1 Å². The van der Waals surface area contributed by atoms with Gasteiger partial charge in [-0.05, 0) is 37.1 Å². The molecule has 1 aliphatic carbocycles. The zero-order valence-corrected chi connectivity index (χ0v) is 17.8. The molecule has 7 nitrogen and oxygen atoms in total. The van der Waals surface area contributed by atoms with Crippen LogP contribution in [0.4, 0.5) is 18.9 Å². The van der Waals surface area contributed by atoms with Gasteiger partial charge in [0, 0.05) is 24.8 Å². The molecule has 0 unspecified atom stereocenters. The number of halogens is 3. The summed E-state index contributed by atoms with van der Waals surface area (Å²) in [5.41, 5.74) is 0.369. The topological polar surface area (TPSA) is 86.8 Å². The minimum absolute atomic E-state index is 0.0663. The highest BCUT2D eigenvalue weighted by Crippen LogP contribution is 2.24. The molecule has 2 aliphatic rings. The fraction of sp³-hybridized carbons (Fsp3) is 0.600. The number of sulfonamides is 1. The summed E-state index contributed by atoms with van der Waals surface area (Å²) in [4.78, 5) is 25.4. The molecule has 2 fully saturated rings. The van der Waals surface area contributed by atoms with Crippen molar-refractivity contribution < 1.29 is 31.2 Å². The molecule has 1 aromatic carbocycles. The van der Waals surface area contributed by atoms with Gasteiger partial charge in [0.25, 0.3) is 0 Å². The van der Waals surface area contributed by atoms with Crippen molar-refractivity contribution in [2.75, 3.05) is 24.5 Å². The molecule has 172 valence electrons. The fourth-order valence-corrected chi connectivity index (χ4v) is 5.27. The SMILES string of the molecule is O=C1CN(C(=O)C(F)(F)F)CCN1c1ccc(S(=O)(=O)NC2CCCCCCC2)cc1. The van der Waals surface area contributed by atoms with Gasteiger partial charge in [-0.25, -0.2) is 13.1 Å². The maximum absolute atomic E-state index is 12.7. The van der Waals surface area contributed by atoms with Crippen molar-refractivity contribution in [1.82, 2.24) is 9.62 Å². The molecule has 1 aromatic rings. The number of carbonyl (C=O) groups is 2. The third-order valence-electron chi connectivity index (χ3n) is 5.64. The minimum atomic E-state index is -5.03. The number of alkyl halides is 3. The number of anilines is 1. The van der Waals surface area contributed by atoms with Gasteiger partial charge in [-0.2, -0.15) is 13.2 Å². The van der Waals surface area contributed by atoms with Crippen LogP contribution in [0.5, 0.6) is 0 Å². The van der Waals surface area contributed by atoms with Gasteiger partial charge in [0.2, 0.25) is 15.9 Å². The smallest absolute Gasteiger partial charge is 0.324 e. The van der Waals surface area contributed by atoms with Crippen molar-refractivity contribution >= 4 is 27.5 Å². The number of hydrogen-bond acceptors (Lipinski definition) is 4. The third-order valence-corrected chi connectivity index (χ3v) is 7.17. The van der Waals surface area contributed by atoms with Crippen molar-refractivity contribution in [3.8, 4) is 0 Å². The maximum atomic E-state index is 12.7. The maximum Gasteiger partial charge on any atom is 0.471 e. The van der Waals surface area contributed by atoms with Gasteiger partial charge >= 0.3 is 12.1 Å². The second-order valence-corrected chi connectivity index (χ2v) is 9.64. The lowest BCUT2D eigenvalue weighted by atomic mass is 9.97. The Morgan fingerprint density at radius 2 is 1.55 bits per heavy atom. The lowest BCUT2D eigenvalue weighted by molar-refractivity contribution is -0.186. The molecule has 1 saturated carbocycles. The van der Waals surface area contributed by atoms with Gasteiger partial charge in [0.1, 0.15) is 6.54 Å². The molecule has 1 heterocycles. The van der Waals surface area contributed by atoms with Gasteiger partial charge in [-0.3, -0.25) is 9.59 Å². The molecule has 0 radical (unpaired) electrons. The molecule has 1 aliphatic heterocycles. The number of benzene rings is 1. The Labute approximate surface area is 179 Å². The van der Waals surface area contributed by atoms with Crippen LogP contribution in [-0.2, 0) is 19.6 Å². The van der Waals surface area contributed by atoms with E-state index in [9.17, 15) is 31.2 Å². The molecule has 0 spiro atoms. The Hall–Kier alpha value is -2.14. The molecule has 0 atom stereocenters. The predicted molar refractivity (Wildman–Crippen MR) is 108 cm³/mol. The molecule has 0 aromatic heterocycles. The van der Waals surface area contributed by atoms with E-state index in [4.69, 9.17) is 0 Å². The first-order chi connectivity index (χ1) is 14.6. The summed E-state index contributed by atoms with van der Waals surface area (Å²) >= 11 is 0. The van der Waals surface area contributed by atoms with Gasteiger partial charge in [0.15, 0.2) is 0 Å². The normalized spacial score (nSPS) is 19.8. The monoisotopic (exact) mass is 461 g/mol. The van der Waals surface area contributed by atoms with Gasteiger partial charge < -0.3 is 9.80 Å². The van der Waals surface area contributed by atoms with E-state index < -0.39 is 34.6 Å². The first-order valence-electron chi connectivity index (χ1n) is 10.4. The Bertz CT molecular complexity index is 895. The second kappa shape index (κ2) is 9.56. The number of carbonyl (C=O) groups excluding carboxylic acids is 2. The summed E-state index contributed by atoms with van der Waals surface area (Å²) in [6.45, 7) is -1.04. The number of piperazine rings is 1. The predicted octanol–water partition coefficient (Wildman–Crippen LogP) is 2.82. The number of rotatable bonds is 4. The van der Waals surface area contributed by atoms with E-state index >= 15 is 0 Å². The van der Waals surface area contributed by atoms with Crippen LogP contribution in [0.1, 0.15) is 44.9 Å². The highest BCUT2D eigenvalue weighted by Gasteiger charge is 2.44. The Balaban J connectivity index is 1.64. The lowest BCUT2D eigenvalue weighted by Gasteiger charge is -2.34. The minimum Gasteiger partial charge on any atom is -0.324 e. The van der Waals surface area contributed by atoms with Crippen LogP contribution in [0.25, 0.3) is 0 Å². The fourth-order valence-electron chi connectivity index (χ4n) is 3.97. The number of nitrogens with one attached hydrogen (secondary N) is 1. The second-order valence-electron chi connectivity index (χ2n) is 7.93. The van der Waals surface area contributed by atoms with E-state index in [1.165, 1.54) is 35.6 Å². The molecule has 31 heavy (non-hydrogen) atoms. The van der Waals surface area contributed by atoms with Crippen molar-refractivity contribution in [2.45, 2.75) is 62.1 Å². The van der Waals surface area contributed by atoms with Crippen molar-refractivity contribution in [3.05, 3.63) is 24.3 Å². The average molecular weight is 462 g/mol. The number of amides is 2. The first-order valence-corrected chi connectivity index (χ1v) is 11.8. The Morgan fingerprint density at radius 1 is 0.968 bits per heavy atom. The molecule has 0 bridgehead atoms. The summed E-state index contributed by atoms with van der Waals surface area (Å²) in [6, 6.07) is 5.55. The van der Waals surface area contributed by atoms with Crippen LogP contribution < -0.4 is 9.62 Å². The summed E-state index contributed by atoms with van der Waals surface area (Å²) in [5.74, 6) is -2.70. The van der Waals surface area contributed by atoms with Crippen molar-refractivity contribution in [1.29, 1.82) is 0 Å². The zero-order chi connectivity index (χ0) is 22.6. The number of hydrogen-bond donors (Lipinski definition) is 1. The molecule has 1 N–H and O–H groups in total. The molecular weight excluding hydrogens is 435 g/mol. The van der Waals surface area contributed by atoms with Crippen molar-refractivity contribution in [3.63, 3.8) is 0 Å². The van der Waals surface area contributed by atoms with E-state index in [1.54, 1.807) is 0 Å². The van der Waals surface area contributed by atoms with Crippen LogP contribution in [0.15, 0.2) is 29.2 Å². The van der Waals surface area contributed by atoms with E-state index in [2.05, 4.69) is 4.72 Å². The first kappa shape index (κ1) is 23.5. The van der Waals surface area contributed by atoms with Crippen LogP contribution in [0.3, 0.4) is 0 Å². The van der Waals surface area contributed by atoms with Crippen LogP contribution in [-0.4, -0.2) is 57.0 Å². The highest BCUT2D eigenvalue weighted by molar-refractivity contribution is 7.89. The van der Waals surface area contributed by atoms with Crippen LogP contribution >= 0.6 is 0 Å². The van der Waals surface area contributed by atoms with E-state index in [0.717, 1.165) is 38.5 Å². The Morgan fingerprint density at radius 3 is 2.10 bits per heavy atom. The largest absolute Gasteiger partial charge is 0.471 e. The molecule has 1 saturated heterocycles. The standard InChI is InChI=1S/C20H26F3N3O4S/c21-20(22,23)19(28)25-12-13-26(18(27)14-25)16-8-10-17(11-9-16)31(29,30)24-15-6-4-2-1-3-5-7-15/h8-11,15,24H,1-7,12-14H2. The average Bonchev–Trinajstić information content (AvgIpc) is 2.68. The summed E-state index contributed by atoms with van der Waals surface area (Å²) < 4.78 is 65.9. The van der Waals surface area contributed by atoms with Crippen LogP contribution in [0, 0.1) is 0 Å². The highest BCUT2D eigenvalue weighted by atomic mass is 32.2. The van der Waals surface area contributed by atoms with Crippen molar-refractivity contribution in [2.24, 2.45) is 0 Å². The molecule has 11 heteroatoms. The van der Waals surface area contributed by atoms with E-state index in [1.807, 2.05) is 0 Å². The zero-order valence-electron chi connectivity index (χ0n) is 17.0. The van der Waals surface area contributed by atoms with E-state index in [0.29, 0.717) is 10.6 Å². The quantitative estimate of drug-likeness (QED) is 0.747. The molecule has 2 amide bonds.